The smallest absolute Gasteiger partial charge is 0.342 e. The number of benzene rings is 1. The average molecular weight is 339 g/mol. The van der Waals surface area contributed by atoms with Crippen molar-refractivity contribution in [1.29, 1.82) is 0 Å². The molecule has 0 bridgehead atoms. The Bertz CT molecular complexity index is 783. The number of hydrogen-bond acceptors (Lipinski definition) is 6. The van der Waals surface area contributed by atoms with Crippen LogP contribution in [0.1, 0.15) is 18.9 Å². The normalized spacial score (nSPS) is 13.0. The van der Waals surface area contributed by atoms with E-state index in [9.17, 15) is 18.5 Å². The molecular formula is C14H17N3O5S. The van der Waals surface area contributed by atoms with Crippen LogP contribution >= 0.6 is 0 Å². The summed E-state index contributed by atoms with van der Waals surface area (Å²) < 4.78 is 31.0. The van der Waals surface area contributed by atoms with Gasteiger partial charge < -0.3 is 10.1 Å². The monoisotopic (exact) mass is 339 g/mol. The summed E-state index contributed by atoms with van der Waals surface area (Å²) in [6.45, 7) is 3.63. The van der Waals surface area contributed by atoms with Gasteiger partial charge in [-0.25, -0.2) is 9.55 Å². The molecule has 1 heterocycles. The molecule has 0 N–H and O–H groups in total. The van der Waals surface area contributed by atoms with Gasteiger partial charge in [-0.3, -0.25) is 4.18 Å². The summed E-state index contributed by atoms with van der Waals surface area (Å²) in [5.74, 6) is -0.209. The lowest BCUT2D eigenvalue weighted by Crippen LogP contribution is -2.23. The number of aryl methyl sites for hydroxylation is 1. The Morgan fingerprint density at radius 3 is 2.57 bits per heavy atom. The van der Waals surface area contributed by atoms with Gasteiger partial charge in [-0.2, -0.15) is 8.42 Å². The van der Waals surface area contributed by atoms with Crippen molar-refractivity contribution in [3.63, 3.8) is 0 Å². The Balaban J connectivity index is 2.17. The number of aromatic nitrogens is 2. The van der Waals surface area contributed by atoms with Crippen molar-refractivity contribution in [2.45, 2.75) is 37.8 Å². The zero-order valence-electron chi connectivity index (χ0n) is 12.7. The van der Waals surface area contributed by atoms with Gasteiger partial charge in [0, 0.05) is 0 Å². The van der Waals surface area contributed by atoms with Gasteiger partial charge in [0.25, 0.3) is 10.1 Å². The zero-order valence-corrected chi connectivity index (χ0v) is 13.6. The molecular weight excluding hydrogens is 322 g/mol. The van der Waals surface area contributed by atoms with Crippen LogP contribution in [0.4, 0.5) is 5.82 Å². The summed E-state index contributed by atoms with van der Waals surface area (Å²) in [6.07, 6.45) is 2.04. The molecule has 0 saturated carbocycles. The van der Waals surface area contributed by atoms with E-state index in [0.717, 1.165) is 11.8 Å². The second kappa shape index (κ2) is 6.88. The lowest BCUT2D eigenvalue weighted by Gasteiger charge is -2.14. The zero-order chi connectivity index (χ0) is 17.0. The van der Waals surface area contributed by atoms with Gasteiger partial charge in [0.05, 0.1) is 4.90 Å². The molecule has 1 unspecified atom stereocenters. The average Bonchev–Trinajstić information content (AvgIpc) is 2.95. The highest BCUT2D eigenvalue weighted by molar-refractivity contribution is 7.86. The van der Waals surface area contributed by atoms with E-state index in [4.69, 9.17) is 4.18 Å². The maximum absolute atomic E-state index is 12.3. The lowest BCUT2D eigenvalue weighted by atomic mass is 10.2. The van der Waals surface area contributed by atoms with E-state index in [0.29, 0.717) is 6.42 Å². The van der Waals surface area contributed by atoms with Crippen molar-refractivity contribution < 1.29 is 17.5 Å². The van der Waals surface area contributed by atoms with Crippen LogP contribution in [-0.2, 0) is 20.8 Å². The van der Waals surface area contributed by atoms with Gasteiger partial charge in [0.1, 0.15) is 18.8 Å². The predicted molar refractivity (Wildman–Crippen MR) is 82.4 cm³/mol. The molecule has 1 atom stereocenters. The molecule has 9 heteroatoms. The molecule has 0 aliphatic rings. The van der Waals surface area contributed by atoms with Crippen LogP contribution in [0.15, 0.2) is 41.7 Å². The third kappa shape index (κ3) is 4.14. The highest BCUT2D eigenvalue weighted by Crippen LogP contribution is 2.19. The molecule has 0 fully saturated rings. The van der Waals surface area contributed by atoms with Crippen LogP contribution in [0.2, 0.25) is 0 Å². The van der Waals surface area contributed by atoms with E-state index in [1.165, 1.54) is 23.0 Å². The summed E-state index contributed by atoms with van der Waals surface area (Å²) in [7, 11) is -3.93. The maximum Gasteiger partial charge on any atom is 0.342 e. The van der Waals surface area contributed by atoms with Crippen LogP contribution < -0.4 is 0 Å². The van der Waals surface area contributed by atoms with Gasteiger partial charge in [-0.05, 0) is 30.4 Å². The molecule has 124 valence electrons. The molecule has 2 rings (SSSR count). The minimum absolute atomic E-state index is 0.0257. The molecule has 23 heavy (non-hydrogen) atoms. The maximum atomic E-state index is 12.3. The van der Waals surface area contributed by atoms with Crippen LogP contribution in [0, 0.1) is 17.0 Å². The number of nitro groups is 1. The topological polar surface area (TPSA) is 104 Å². The van der Waals surface area contributed by atoms with Crippen molar-refractivity contribution in [1.82, 2.24) is 9.55 Å². The first-order valence-corrected chi connectivity index (χ1v) is 8.38. The van der Waals surface area contributed by atoms with Crippen LogP contribution in [0.25, 0.3) is 0 Å². The molecule has 0 aliphatic heterocycles. The minimum atomic E-state index is -3.93. The minimum Gasteiger partial charge on any atom is -0.358 e. The predicted octanol–water partition coefficient (Wildman–Crippen LogP) is 2.28. The number of rotatable bonds is 7. The Morgan fingerprint density at radius 1 is 1.35 bits per heavy atom. The van der Waals surface area contributed by atoms with Crippen molar-refractivity contribution in [3.8, 4) is 0 Å². The lowest BCUT2D eigenvalue weighted by molar-refractivity contribution is -0.392. The van der Waals surface area contributed by atoms with Gasteiger partial charge in [-0.1, -0.05) is 24.6 Å². The molecule has 1 aromatic carbocycles. The molecule has 1 aromatic heterocycles. The molecule has 2 aromatic rings. The summed E-state index contributed by atoms with van der Waals surface area (Å²) in [4.78, 5) is 14.1. The molecule has 0 spiro atoms. The van der Waals surface area contributed by atoms with Gasteiger partial charge in [-0.15, -0.1) is 0 Å². The number of hydrogen-bond donors (Lipinski definition) is 0. The number of nitrogens with zero attached hydrogens (tertiary/aromatic N) is 3. The molecule has 0 amide bonds. The molecule has 0 aliphatic carbocycles. The molecule has 0 radical (unpaired) electrons. The SMILES string of the molecule is CCC(Cn1cncc1[N+](=O)[O-])OS(=O)(=O)c1ccc(C)cc1. The van der Waals surface area contributed by atoms with Crippen molar-refractivity contribution in [2.75, 3.05) is 0 Å². The third-order valence-electron chi connectivity index (χ3n) is 3.31. The second-order valence-corrected chi connectivity index (χ2v) is 6.63. The Morgan fingerprint density at radius 2 is 2.00 bits per heavy atom. The summed E-state index contributed by atoms with van der Waals surface area (Å²) in [6, 6.07) is 6.30. The first-order chi connectivity index (χ1) is 10.8. The summed E-state index contributed by atoms with van der Waals surface area (Å²) >= 11 is 0. The van der Waals surface area contributed by atoms with Crippen molar-refractivity contribution in [2.24, 2.45) is 0 Å². The van der Waals surface area contributed by atoms with Gasteiger partial charge in [0.2, 0.25) is 0 Å². The first-order valence-electron chi connectivity index (χ1n) is 6.98. The second-order valence-electron chi connectivity index (χ2n) is 5.05. The standard InChI is InChI=1S/C14H17N3O5S/c1-3-12(9-16-10-15-8-14(16)17(18)19)22-23(20,21)13-6-4-11(2)5-7-13/h4-8,10,12H,3,9H2,1-2H3. The highest BCUT2D eigenvalue weighted by atomic mass is 32.2. The highest BCUT2D eigenvalue weighted by Gasteiger charge is 2.24. The van der Waals surface area contributed by atoms with Gasteiger partial charge >= 0.3 is 5.82 Å². The Hall–Kier alpha value is -2.26. The van der Waals surface area contributed by atoms with Crippen molar-refractivity contribution in [3.05, 3.63) is 52.5 Å². The Labute approximate surface area is 134 Å². The van der Waals surface area contributed by atoms with E-state index >= 15 is 0 Å². The third-order valence-corrected chi connectivity index (χ3v) is 4.68. The summed E-state index contributed by atoms with van der Waals surface area (Å²) in [5.41, 5.74) is 0.935. The van der Waals surface area contributed by atoms with E-state index in [-0.39, 0.29) is 17.3 Å². The fraction of sp³-hybridized carbons (Fsp3) is 0.357. The summed E-state index contributed by atoms with van der Waals surface area (Å²) in [5, 5.41) is 10.9. The van der Waals surface area contributed by atoms with Gasteiger partial charge in [0.15, 0.2) is 6.33 Å². The van der Waals surface area contributed by atoms with E-state index in [1.54, 1.807) is 19.1 Å². The quantitative estimate of drug-likeness (QED) is 0.435. The Kier molecular flexibility index (Phi) is 5.12. The van der Waals surface area contributed by atoms with Crippen LogP contribution in [0.5, 0.6) is 0 Å². The molecule has 0 saturated heterocycles. The van der Waals surface area contributed by atoms with E-state index < -0.39 is 21.1 Å². The first kappa shape index (κ1) is 17.1. The largest absolute Gasteiger partial charge is 0.358 e. The van der Waals surface area contributed by atoms with Crippen LogP contribution in [-0.4, -0.2) is 29.0 Å². The molecule has 8 nitrogen and oxygen atoms in total. The van der Waals surface area contributed by atoms with Crippen LogP contribution in [0.3, 0.4) is 0 Å². The van der Waals surface area contributed by atoms with E-state index in [2.05, 4.69) is 4.98 Å². The number of imidazole rings is 1. The fourth-order valence-corrected chi connectivity index (χ4v) is 3.13. The fourth-order valence-electron chi connectivity index (χ4n) is 1.99. The van der Waals surface area contributed by atoms with Crippen molar-refractivity contribution >= 4 is 15.9 Å². The van der Waals surface area contributed by atoms with E-state index in [1.807, 2.05) is 6.92 Å².